The van der Waals surface area contributed by atoms with Crippen molar-refractivity contribution in [3.05, 3.63) is 53.3 Å². The third kappa shape index (κ3) is 2.60. The highest BCUT2D eigenvalue weighted by Gasteiger charge is 2.23. The molecule has 0 unspecified atom stereocenters. The van der Waals surface area contributed by atoms with Crippen LogP contribution in [0.25, 0.3) is 0 Å². The molecule has 5 heteroatoms. The summed E-state index contributed by atoms with van der Waals surface area (Å²) < 4.78 is 5.60. The number of rotatable bonds is 2. The van der Waals surface area contributed by atoms with Gasteiger partial charge in [0.15, 0.2) is 0 Å². The first-order chi connectivity index (χ1) is 9.74. The molecule has 1 aliphatic heterocycles. The normalized spacial score (nSPS) is 14.4. The van der Waals surface area contributed by atoms with E-state index in [9.17, 15) is 4.79 Å². The number of para-hydroxylation sites is 2. The fourth-order valence-corrected chi connectivity index (χ4v) is 2.37. The molecule has 0 bridgehead atoms. The maximum Gasteiger partial charge on any atom is 0.230 e. The second-order valence-electron chi connectivity index (χ2n) is 4.50. The third-order valence-electron chi connectivity index (χ3n) is 3.12. The smallest absolute Gasteiger partial charge is 0.230 e. The molecule has 1 aliphatic rings. The van der Waals surface area contributed by atoms with Crippen LogP contribution in [0.1, 0.15) is 12.1 Å². The minimum atomic E-state index is 0.0247. The number of fused-ring (bicyclic) bond motifs is 1. The lowest BCUT2D eigenvalue weighted by molar-refractivity contribution is -0.118. The van der Waals surface area contributed by atoms with Crippen molar-refractivity contribution in [1.82, 2.24) is 4.98 Å². The molecule has 3 rings (SSSR count). The van der Waals surface area contributed by atoms with Crippen LogP contribution in [0.4, 0.5) is 5.69 Å². The SMILES string of the molecule is O=C1CCOc2ccccc2N1Cc1cccc(Cl)n1. The molecule has 0 saturated heterocycles. The molecule has 1 aromatic carbocycles. The van der Waals surface area contributed by atoms with Gasteiger partial charge in [0, 0.05) is 0 Å². The highest BCUT2D eigenvalue weighted by atomic mass is 35.5. The van der Waals surface area contributed by atoms with E-state index in [0.717, 1.165) is 17.1 Å². The standard InChI is InChI=1S/C15H13ClN2O2/c16-14-7-3-4-11(17-14)10-18-12-5-1-2-6-13(12)20-9-8-15(18)19/h1-7H,8-10H2. The molecule has 0 fully saturated rings. The van der Waals surface area contributed by atoms with E-state index in [4.69, 9.17) is 16.3 Å². The number of halogens is 1. The van der Waals surface area contributed by atoms with E-state index in [0.29, 0.717) is 24.7 Å². The van der Waals surface area contributed by atoms with Crippen LogP contribution >= 0.6 is 11.6 Å². The van der Waals surface area contributed by atoms with Crippen LogP contribution < -0.4 is 9.64 Å². The zero-order chi connectivity index (χ0) is 13.9. The molecule has 102 valence electrons. The van der Waals surface area contributed by atoms with E-state index in [1.54, 1.807) is 11.0 Å². The van der Waals surface area contributed by atoms with E-state index in [1.165, 1.54) is 0 Å². The first-order valence-corrected chi connectivity index (χ1v) is 6.75. The Kier molecular flexibility index (Phi) is 3.56. The Hall–Kier alpha value is -2.07. The molecule has 0 saturated carbocycles. The van der Waals surface area contributed by atoms with E-state index in [2.05, 4.69) is 4.98 Å². The van der Waals surface area contributed by atoms with E-state index in [1.807, 2.05) is 36.4 Å². The first kappa shape index (κ1) is 12.9. The van der Waals surface area contributed by atoms with Gasteiger partial charge in [-0.05, 0) is 24.3 Å². The zero-order valence-corrected chi connectivity index (χ0v) is 11.5. The molecule has 1 aromatic heterocycles. The minimum absolute atomic E-state index is 0.0247. The van der Waals surface area contributed by atoms with Crippen molar-refractivity contribution in [3.63, 3.8) is 0 Å². The predicted molar refractivity (Wildman–Crippen MR) is 77.0 cm³/mol. The Morgan fingerprint density at radius 1 is 1.20 bits per heavy atom. The number of amides is 1. The summed E-state index contributed by atoms with van der Waals surface area (Å²) in [7, 11) is 0. The lowest BCUT2D eigenvalue weighted by Gasteiger charge is -2.21. The van der Waals surface area contributed by atoms with Gasteiger partial charge >= 0.3 is 0 Å². The molecule has 0 spiro atoms. The van der Waals surface area contributed by atoms with Crippen LogP contribution in [-0.4, -0.2) is 17.5 Å². The van der Waals surface area contributed by atoms with E-state index in [-0.39, 0.29) is 5.91 Å². The van der Waals surface area contributed by atoms with Crippen molar-refractivity contribution in [2.45, 2.75) is 13.0 Å². The molecule has 0 atom stereocenters. The number of pyridine rings is 1. The highest BCUT2D eigenvalue weighted by Crippen LogP contribution is 2.31. The maximum atomic E-state index is 12.3. The van der Waals surface area contributed by atoms with Crippen LogP contribution in [0.15, 0.2) is 42.5 Å². The minimum Gasteiger partial charge on any atom is -0.491 e. The number of nitrogens with zero attached hydrogens (tertiary/aromatic N) is 2. The molecular formula is C15H13ClN2O2. The van der Waals surface area contributed by atoms with Gasteiger partial charge in [0.05, 0.1) is 31.0 Å². The molecule has 2 heterocycles. The average molecular weight is 289 g/mol. The van der Waals surface area contributed by atoms with Crippen LogP contribution in [-0.2, 0) is 11.3 Å². The van der Waals surface area contributed by atoms with Crippen LogP contribution in [0.5, 0.6) is 5.75 Å². The molecule has 1 amide bonds. The number of carbonyl (C=O) groups is 1. The third-order valence-corrected chi connectivity index (χ3v) is 3.33. The second kappa shape index (κ2) is 5.51. The maximum absolute atomic E-state index is 12.3. The predicted octanol–water partition coefficient (Wildman–Crippen LogP) is 3.05. The van der Waals surface area contributed by atoms with E-state index >= 15 is 0 Å². The summed E-state index contributed by atoms with van der Waals surface area (Å²) in [4.78, 5) is 18.2. The van der Waals surface area contributed by atoms with Crippen molar-refractivity contribution in [3.8, 4) is 5.75 Å². The fraction of sp³-hybridized carbons (Fsp3) is 0.200. The number of carbonyl (C=O) groups excluding carboxylic acids is 1. The largest absolute Gasteiger partial charge is 0.491 e. The quantitative estimate of drug-likeness (QED) is 0.798. The zero-order valence-electron chi connectivity index (χ0n) is 10.8. The van der Waals surface area contributed by atoms with Crippen molar-refractivity contribution in [2.75, 3.05) is 11.5 Å². The summed E-state index contributed by atoms with van der Waals surface area (Å²) in [5.41, 5.74) is 1.53. The molecule has 2 aromatic rings. The molecule has 0 radical (unpaired) electrons. The van der Waals surface area contributed by atoms with Gasteiger partial charge in [0.1, 0.15) is 10.9 Å². The number of benzene rings is 1. The molecule has 0 aliphatic carbocycles. The summed E-state index contributed by atoms with van der Waals surface area (Å²) in [6.45, 7) is 0.787. The van der Waals surface area contributed by atoms with Gasteiger partial charge in [0.25, 0.3) is 0 Å². The topological polar surface area (TPSA) is 42.4 Å². The lowest BCUT2D eigenvalue weighted by Crippen LogP contribution is -2.30. The first-order valence-electron chi connectivity index (χ1n) is 6.38. The van der Waals surface area contributed by atoms with E-state index < -0.39 is 0 Å². The number of hydrogen-bond acceptors (Lipinski definition) is 3. The van der Waals surface area contributed by atoms with Gasteiger partial charge in [-0.2, -0.15) is 0 Å². The fourth-order valence-electron chi connectivity index (χ4n) is 2.19. The molecular weight excluding hydrogens is 276 g/mol. The van der Waals surface area contributed by atoms with Crippen LogP contribution in [0.2, 0.25) is 5.15 Å². The lowest BCUT2D eigenvalue weighted by atomic mass is 10.2. The summed E-state index contributed by atoms with van der Waals surface area (Å²) in [5, 5.41) is 0.425. The highest BCUT2D eigenvalue weighted by molar-refractivity contribution is 6.29. The summed E-state index contributed by atoms with van der Waals surface area (Å²) in [6, 6.07) is 12.9. The van der Waals surface area contributed by atoms with Crippen molar-refractivity contribution in [2.24, 2.45) is 0 Å². The molecule has 4 nitrogen and oxygen atoms in total. The van der Waals surface area contributed by atoms with Crippen LogP contribution in [0.3, 0.4) is 0 Å². The Morgan fingerprint density at radius 2 is 2.05 bits per heavy atom. The van der Waals surface area contributed by atoms with Crippen molar-refractivity contribution < 1.29 is 9.53 Å². The number of hydrogen-bond donors (Lipinski definition) is 0. The van der Waals surface area contributed by atoms with Crippen molar-refractivity contribution in [1.29, 1.82) is 0 Å². The number of ether oxygens (including phenoxy) is 1. The summed E-state index contributed by atoms with van der Waals surface area (Å²) in [6.07, 6.45) is 0.356. The van der Waals surface area contributed by atoms with Gasteiger partial charge in [-0.1, -0.05) is 29.8 Å². The summed E-state index contributed by atoms with van der Waals surface area (Å²) in [5.74, 6) is 0.747. The Morgan fingerprint density at radius 3 is 2.90 bits per heavy atom. The summed E-state index contributed by atoms with van der Waals surface area (Å²) >= 11 is 5.89. The number of aromatic nitrogens is 1. The van der Waals surface area contributed by atoms with Gasteiger partial charge < -0.3 is 9.64 Å². The second-order valence-corrected chi connectivity index (χ2v) is 4.88. The van der Waals surface area contributed by atoms with Gasteiger partial charge in [-0.3, -0.25) is 4.79 Å². The Bertz CT molecular complexity index is 645. The van der Waals surface area contributed by atoms with Gasteiger partial charge in [-0.25, -0.2) is 4.98 Å². The van der Waals surface area contributed by atoms with Gasteiger partial charge in [0.2, 0.25) is 5.91 Å². The average Bonchev–Trinajstić information content (AvgIpc) is 2.59. The number of anilines is 1. The monoisotopic (exact) mass is 288 g/mol. The Balaban J connectivity index is 1.96. The molecule has 20 heavy (non-hydrogen) atoms. The van der Waals surface area contributed by atoms with Gasteiger partial charge in [-0.15, -0.1) is 0 Å². The van der Waals surface area contributed by atoms with Crippen LogP contribution in [0, 0.1) is 0 Å². The Labute approximate surface area is 122 Å². The van der Waals surface area contributed by atoms with Crippen molar-refractivity contribution >= 4 is 23.2 Å². The molecule has 0 N–H and O–H groups in total.